The van der Waals surface area contributed by atoms with E-state index >= 15 is 0 Å². The molecule has 0 bridgehead atoms. The molecule has 6 aromatic carbocycles. The molecule has 0 saturated heterocycles. The van der Waals surface area contributed by atoms with Crippen LogP contribution in [-0.4, -0.2) is 14.5 Å². The van der Waals surface area contributed by atoms with Gasteiger partial charge in [0.25, 0.3) is 0 Å². The van der Waals surface area contributed by atoms with Gasteiger partial charge in [0.2, 0.25) is 5.95 Å². The molecular weight excluding hydrogens is 555 g/mol. The third kappa shape index (κ3) is 3.61. The molecule has 0 fully saturated rings. The molecule has 44 heavy (non-hydrogen) atoms. The Morgan fingerprint density at radius 1 is 0.568 bits per heavy atom. The molecule has 0 spiro atoms. The van der Waals surface area contributed by atoms with Crippen molar-refractivity contribution in [1.29, 1.82) is 0 Å². The number of hydrogen-bond acceptors (Lipinski definition) is 3. The zero-order valence-corrected chi connectivity index (χ0v) is 25.6. The van der Waals surface area contributed by atoms with E-state index in [4.69, 9.17) is 9.97 Å². The molecular formula is C40H29N3S. The number of thiophene rings is 1. The molecule has 0 aliphatic heterocycles. The highest BCUT2D eigenvalue weighted by Gasteiger charge is 2.23. The molecule has 0 amide bonds. The van der Waals surface area contributed by atoms with E-state index in [9.17, 15) is 0 Å². The summed E-state index contributed by atoms with van der Waals surface area (Å²) < 4.78 is 4.87. The van der Waals surface area contributed by atoms with E-state index in [-0.39, 0.29) is 5.41 Å². The molecule has 0 radical (unpaired) electrons. The first-order valence-electron chi connectivity index (χ1n) is 15.1. The summed E-state index contributed by atoms with van der Waals surface area (Å²) in [4.78, 5) is 10.7. The lowest BCUT2D eigenvalue weighted by Gasteiger charge is -2.19. The van der Waals surface area contributed by atoms with E-state index in [1.54, 1.807) is 0 Å². The molecule has 210 valence electrons. The highest BCUT2D eigenvalue weighted by atomic mass is 32.1. The van der Waals surface area contributed by atoms with Gasteiger partial charge in [-0.2, -0.15) is 0 Å². The van der Waals surface area contributed by atoms with Gasteiger partial charge in [-0.1, -0.05) is 124 Å². The number of hydrogen-bond donors (Lipinski definition) is 0. The summed E-state index contributed by atoms with van der Waals surface area (Å²) in [6.07, 6.45) is 0. The quantitative estimate of drug-likeness (QED) is 0.203. The minimum Gasteiger partial charge on any atom is -0.276 e. The Balaban J connectivity index is 1.45. The summed E-state index contributed by atoms with van der Waals surface area (Å²) in [6.45, 7) is 6.75. The van der Waals surface area contributed by atoms with Crippen LogP contribution in [0.5, 0.6) is 0 Å². The fourth-order valence-electron chi connectivity index (χ4n) is 6.85. The summed E-state index contributed by atoms with van der Waals surface area (Å²) in [5.41, 5.74) is 6.65. The highest BCUT2D eigenvalue weighted by molar-refractivity contribution is 7.27. The highest BCUT2D eigenvalue weighted by Crippen LogP contribution is 2.47. The van der Waals surface area contributed by atoms with Crippen LogP contribution >= 0.6 is 11.3 Å². The molecule has 0 aliphatic rings. The second-order valence-corrected chi connectivity index (χ2v) is 13.7. The summed E-state index contributed by atoms with van der Waals surface area (Å²) in [5, 5.41) is 8.66. The van der Waals surface area contributed by atoms with Gasteiger partial charge in [0, 0.05) is 37.2 Å². The molecule has 3 heterocycles. The van der Waals surface area contributed by atoms with Crippen LogP contribution in [0.1, 0.15) is 26.3 Å². The third-order valence-electron chi connectivity index (χ3n) is 8.97. The number of nitrogens with zero attached hydrogens (tertiary/aromatic N) is 3. The molecule has 3 nitrogen and oxygen atoms in total. The van der Waals surface area contributed by atoms with Crippen LogP contribution in [-0.2, 0) is 5.41 Å². The van der Waals surface area contributed by atoms with E-state index in [1.165, 1.54) is 52.8 Å². The zero-order chi connectivity index (χ0) is 29.6. The van der Waals surface area contributed by atoms with Gasteiger partial charge in [0.1, 0.15) is 0 Å². The van der Waals surface area contributed by atoms with Crippen LogP contribution in [0, 0.1) is 0 Å². The summed E-state index contributed by atoms with van der Waals surface area (Å²) in [7, 11) is 0. The van der Waals surface area contributed by atoms with Crippen molar-refractivity contribution in [2.24, 2.45) is 0 Å². The molecule has 0 atom stereocenters. The Morgan fingerprint density at radius 3 is 1.93 bits per heavy atom. The Labute approximate surface area is 259 Å². The Bertz CT molecular complexity index is 2580. The van der Waals surface area contributed by atoms with Crippen molar-refractivity contribution in [2.75, 3.05) is 0 Å². The van der Waals surface area contributed by atoms with Crippen molar-refractivity contribution < 1.29 is 0 Å². The predicted molar refractivity (Wildman–Crippen MR) is 188 cm³/mol. The average molecular weight is 584 g/mol. The van der Waals surface area contributed by atoms with Crippen molar-refractivity contribution in [3.63, 3.8) is 0 Å². The van der Waals surface area contributed by atoms with Gasteiger partial charge in [0.05, 0.1) is 26.9 Å². The Morgan fingerprint density at radius 2 is 1.18 bits per heavy atom. The van der Waals surface area contributed by atoms with Crippen LogP contribution in [0.4, 0.5) is 0 Å². The first-order valence-corrected chi connectivity index (χ1v) is 15.9. The summed E-state index contributed by atoms with van der Waals surface area (Å²) >= 11 is 1.86. The van der Waals surface area contributed by atoms with Crippen molar-refractivity contribution in [3.05, 3.63) is 127 Å². The minimum absolute atomic E-state index is 0.0821. The van der Waals surface area contributed by atoms with E-state index < -0.39 is 0 Å². The van der Waals surface area contributed by atoms with Crippen molar-refractivity contribution in [2.45, 2.75) is 26.2 Å². The molecule has 0 N–H and O–H groups in total. The second-order valence-electron chi connectivity index (χ2n) is 12.6. The van der Waals surface area contributed by atoms with Crippen LogP contribution in [0.2, 0.25) is 0 Å². The fraction of sp³-hybridized carbons (Fsp3) is 0.100. The maximum atomic E-state index is 5.40. The topological polar surface area (TPSA) is 30.7 Å². The Kier molecular flexibility index (Phi) is 5.33. The second kappa shape index (κ2) is 9.22. The van der Waals surface area contributed by atoms with E-state index in [0.717, 1.165) is 27.7 Å². The maximum Gasteiger partial charge on any atom is 0.235 e. The lowest BCUT2D eigenvalue weighted by Crippen LogP contribution is -2.10. The predicted octanol–water partition coefficient (Wildman–Crippen LogP) is 11.2. The largest absolute Gasteiger partial charge is 0.276 e. The molecule has 0 saturated carbocycles. The van der Waals surface area contributed by atoms with Crippen LogP contribution in [0.15, 0.2) is 121 Å². The van der Waals surface area contributed by atoms with Gasteiger partial charge in [-0.25, -0.2) is 9.97 Å². The van der Waals surface area contributed by atoms with Gasteiger partial charge < -0.3 is 0 Å². The summed E-state index contributed by atoms with van der Waals surface area (Å²) in [6, 6.07) is 43.6. The molecule has 3 aromatic heterocycles. The number of para-hydroxylation sites is 2. The SMILES string of the molecule is CC(C)(C)c1ccc(-c2nc(-n3c4ccccc4c4c5ccccc5c5c6ccccc6sc5c43)nc3ccccc23)cc1. The van der Waals surface area contributed by atoms with Gasteiger partial charge in [0.15, 0.2) is 0 Å². The van der Waals surface area contributed by atoms with Crippen molar-refractivity contribution in [3.8, 4) is 17.2 Å². The standard InChI is InChI=1S/C40H29N3S/c1-40(2,3)25-22-20-24(21-23-25)36-28-14-6-9-17-31(28)41-39(42-36)43-32-18-10-7-15-29(32)34-26-12-4-5-13-27(26)35-30-16-8-11-19-33(30)44-38(35)37(34)43/h4-23H,1-3H3. The Hall–Kier alpha value is -5.06. The molecule has 0 unspecified atom stereocenters. The number of rotatable bonds is 2. The van der Waals surface area contributed by atoms with Gasteiger partial charge in [-0.3, -0.25) is 4.57 Å². The number of aromatic nitrogens is 3. The third-order valence-corrected chi connectivity index (χ3v) is 10.1. The average Bonchev–Trinajstić information content (AvgIpc) is 3.61. The zero-order valence-electron chi connectivity index (χ0n) is 24.8. The van der Waals surface area contributed by atoms with E-state index in [0.29, 0.717) is 5.95 Å². The van der Waals surface area contributed by atoms with Crippen LogP contribution in [0.25, 0.3) is 80.9 Å². The summed E-state index contributed by atoms with van der Waals surface area (Å²) in [5.74, 6) is 0.693. The molecule has 4 heteroatoms. The smallest absolute Gasteiger partial charge is 0.235 e. The van der Waals surface area contributed by atoms with Crippen molar-refractivity contribution in [1.82, 2.24) is 14.5 Å². The normalized spacial score (nSPS) is 12.4. The molecule has 9 rings (SSSR count). The minimum atomic E-state index is 0.0821. The molecule has 9 aromatic rings. The van der Waals surface area contributed by atoms with Crippen molar-refractivity contribution >= 4 is 75.0 Å². The maximum absolute atomic E-state index is 5.40. The van der Waals surface area contributed by atoms with Crippen LogP contribution in [0.3, 0.4) is 0 Å². The van der Waals surface area contributed by atoms with E-state index in [2.05, 4.69) is 147 Å². The van der Waals surface area contributed by atoms with E-state index in [1.807, 2.05) is 11.3 Å². The lowest BCUT2D eigenvalue weighted by atomic mass is 9.86. The monoisotopic (exact) mass is 583 g/mol. The van der Waals surface area contributed by atoms with Crippen LogP contribution < -0.4 is 0 Å². The lowest BCUT2D eigenvalue weighted by molar-refractivity contribution is 0.590. The first kappa shape index (κ1) is 25.4. The fourth-order valence-corrected chi connectivity index (χ4v) is 8.11. The molecule has 0 aliphatic carbocycles. The number of benzene rings is 6. The van der Waals surface area contributed by atoms with Gasteiger partial charge in [-0.15, -0.1) is 11.3 Å². The van der Waals surface area contributed by atoms with Gasteiger partial charge in [-0.05, 0) is 39.9 Å². The van der Waals surface area contributed by atoms with Gasteiger partial charge >= 0.3 is 0 Å². The first-order chi connectivity index (χ1) is 21.5. The number of fused-ring (bicyclic) bond motifs is 11.